The number of methoxy groups -OCH3 is 1. The summed E-state index contributed by atoms with van der Waals surface area (Å²) in [5.74, 6) is -1.89. The van der Waals surface area contributed by atoms with E-state index < -0.39 is 29.2 Å². The molecule has 2 N–H and O–H groups in total. The van der Waals surface area contributed by atoms with Crippen LogP contribution in [0, 0.1) is 0 Å². The lowest BCUT2D eigenvalue weighted by atomic mass is 9.91. The number of carboxylic acids is 1. The fourth-order valence-electron chi connectivity index (χ4n) is 1.92. The maximum atomic E-state index is 12.2. The van der Waals surface area contributed by atoms with Crippen molar-refractivity contribution in [3.05, 3.63) is 35.4 Å². The van der Waals surface area contributed by atoms with Crippen molar-refractivity contribution >= 4 is 18.0 Å². The van der Waals surface area contributed by atoms with Gasteiger partial charge in [0, 0.05) is 0 Å². The summed E-state index contributed by atoms with van der Waals surface area (Å²) in [7, 11) is 1.18. The first-order valence-electron chi connectivity index (χ1n) is 6.93. The van der Waals surface area contributed by atoms with Gasteiger partial charge in [-0.15, -0.1) is 0 Å². The Morgan fingerprint density at radius 1 is 1.13 bits per heavy atom. The Morgan fingerprint density at radius 2 is 1.74 bits per heavy atom. The van der Waals surface area contributed by atoms with Gasteiger partial charge in [0.05, 0.1) is 12.7 Å². The van der Waals surface area contributed by atoms with Crippen LogP contribution < -0.4 is 5.32 Å². The number of hydrogen-bond donors (Lipinski definition) is 2. The highest BCUT2D eigenvalue weighted by Gasteiger charge is 2.39. The molecular weight excluding hydrogens is 302 g/mol. The van der Waals surface area contributed by atoms with Crippen LogP contribution in [0.1, 0.15) is 43.6 Å². The maximum Gasteiger partial charge on any atom is 0.408 e. The van der Waals surface area contributed by atoms with Crippen molar-refractivity contribution in [3.63, 3.8) is 0 Å². The fraction of sp³-hybridized carbons (Fsp3) is 0.438. The highest BCUT2D eigenvalue weighted by Crippen LogP contribution is 2.24. The molecule has 0 fully saturated rings. The molecule has 0 heterocycles. The summed E-state index contributed by atoms with van der Waals surface area (Å²) in [6, 6.07) is 5.70. The number of aromatic carboxylic acids is 1. The highest BCUT2D eigenvalue weighted by atomic mass is 16.6. The minimum absolute atomic E-state index is 0.0105. The van der Waals surface area contributed by atoms with Crippen molar-refractivity contribution in [1.82, 2.24) is 5.32 Å². The fourth-order valence-corrected chi connectivity index (χ4v) is 1.92. The molecule has 0 saturated heterocycles. The molecule has 1 aromatic rings. The van der Waals surface area contributed by atoms with E-state index in [2.05, 4.69) is 5.32 Å². The van der Waals surface area contributed by atoms with Gasteiger partial charge < -0.3 is 19.9 Å². The standard InChI is InChI=1S/C16H21NO6/c1-15(2,3)23-14(21)17-16(4,13(20)22-5)11-8-6-7-10(9-11)12(18)19/h6-9H,1-5H3,(H,17,21)(H,18,19). The Labute approximate surface area is 134 Å². The second-order valence-corrected chi connectivity index (χ2v) is 6.13. The molecule has 1 amide bonds. The lowest BCUT2D eigenvalue weighted by Gasteiger charge is -2.30. The van der Waals surface area contributed by atoms with Crippen LogP contribution in [0.5, 0.6) is 0 Å². The Kier molecular flexibility index (Phi) is 5.37. The van der Waals surface area contributed by atoms with Crippen molar-refractivity contribution in [2.24, 2.45) is 0 Å². The van der Waals surface area contributed by atoms with Crippen LogP contribution in [-0.4, -0.2) is 35.8 Å². The summed E-state index contributed by atoms with van der Waals surface area (Å²) in [6.45, 7) is 6.48. The normalized spacial score (nSPS) is 13.6. The second kappa shape index (κ2) is 6.68. The van der Waals surface area contributed by atoms with Gasteiger partial charge in [-0.25, -0.2) is 14.4 Å². The van der Waals surface area contributed by atoms with E-state index in [1.165, 1.54) is 38.3 Å². The van der Waals surface area contributed by atoms with Crippen molar-refractivity contribution in [3.8, 4) is 0 Å². The number of carbonyl (C=O) groups is 3. The minimum Gasteiger partial charge on any atom is -0.478 e. The summed E-state index contributed by atoms with van der Waals surface area (Å²) in [5, 5.41) is 11.5. The molecule has 126 valence electrons. The van der Waals surface area contributed by atoms with Crippen LogP contribution in [0.4, 0.5) is 4.79 Å². The van der Waals surface area contributed by atoms with Gasteiger partial charge in [-0.1, -0.05) is 12.1 Å². The zero-order chi connectivity index (χ0) is 17.8. The molecule has 0 aliphatic carbocycles. The van der Waals surface area contributed by atoms with E-state index in [4.69, 9.17) is 14.6 Å². The first-order valence-corrected chi connectivity index (χ1v) is 6.93. The zero-order valence-electron chi connectivity index (χ0n) is 13.8. The number of hydrogen-bond acceptors (Lipinski definition) is 5. The number of amides is 1. The van der Waals surface area contributed by atoms with Gasteiger partial charge >= 0.3 is 18.0 Å². The number of carbonyl (C=O) groups excluding carboxylic acids is 2. The van der Waals surface area contributed by atoms with Crippen molar-refractivity contribution in [2.45, 2.75) is 38.8 Å². The van der Waals surface area contributed by atoms with E-state index in [9.17, 15) is 14.4 Å². The topological polar surface area (TPSA) is 102 Å². The molecule has 0 aromatic heterocycles. The van der Waals surface area contributed by atoms with Crippen LogP contribution in [0.2, 0.25) is 0 Å². The molecule has 1 unspecified atom stereocenters. The maximum absolute atomic E-state index is 12.2. The van der Waals surface area contributed by atoms with E-state index in [-0.39, 0.29) is 11.1 Å². The Bertz CT molecular complexity index is 619. The average Bonchev–Trinajstić information content (AvgIpc) is 2.44. The van der Waals surface area contributed by atoms with Gasteiger partial charge in [-0.2, -0.15) is 0 Å². The third-order valence-electron chi connectivity index (χ3n) is 3.03. The molecule has 7 heteroatoms. The first kappa shape index (κ1) is 18.5. The first-order chi connectivity index (χ1) is 10.5. The summed E-state index contributed by atoms with van der Waals surface area (Å²) in [5.41, 5.74) is -2.06. The van der Waals surface area contributed by atoms with Gasteiger partial charge in [0.15, 0.2) is 5.54 Å². The Hall–Kier alpha value is -2.57. The Balaban J connectivity index is 3.22. The van der Waals surface area contributed by atoms with Crippen molar-refractivity contribution in [1.29, 1.82) is 0 Å². The van der Waals surface area contributed by atoms with E-state index in [0.29, 0.717) is 0 Å². The lowest BCUT2D eigenvalue weighted by Crippen LogP contribution is -2.51. The van der Waals surface area contributed by atoms with Gasteiger partial charge in [0.2, 0.25) is 0 Å². The van der Waals surface area contributed by atoms with E-state index in [1.807, 2.05) is 0 Å². The highest BCUT2D eigenvalue weighted by molar-refractivity contribution is 5.90. The molecule has 1 atom stereocenters. The predicted molar refractivity (Wildman–Crippen MR) is 82.1 cm³/mol. The average molecular weight is 323 g/mol. The zero-order valence-corrected chi connectivity index (χ0v) is 13.8. The van der Waals surface area contributed by atoms with Gasteiger partial charge in [-0.05, 0) is 45.4 Å². The quantitative estimate of drug-likeness (QED) is 0.824. The van der Waals surface area contributed by atoms with Crippen molar-refractivity contribution in [2.75, 3.05) is 7.11 Å². The summed E-state index contributed by atoms with van der Waals surface area (Å²) >= 11 is 0. The molecule has 0 saturated carbocycles. The van der Waals surface area contributed by atoms with Gasteiger partial charge in [-0.3, -0.25) is 0 Å². The number of esters is 1. The van der Waals surface area contributed by atoms with Crippen LogP contribution in [0.3, 0.4) is 0 Å². The SMILES string of the molecule is COC(=O)C(C)(NC(=O)OC(C)(C)C)c1cccc(C(=O)O)c1. The number of alkyl carbamates (subject to hydrolysis) is 1. The number of benzene rings is 1. The summed E-state index contributed by atoms with van der Waals surface area (Å²) < 4.78 is 9.90. The number of nitrogens with one attached hydrogen (secondary N) is 1. The molecule has 0 aliphatic rings. The number of ether oxygens (including phenoxy) is 2. The molecule has 1 aromatic carbocycles. The molecule has 0 spiro atoms. The van der Waals surface area contributed by atoms with Gasteiger partial charge in [0.25, 0.3) is 0 Å². The van der Waals surface area contributed by atoms with Crippen LogP contribution >= 0.6 is 0 Å². The molecule has 1 rings (SSSR count). The third kappa shape index (κ3) is 4.70. The number of carboxylic acid groups (broad SMARTS) is 1. The van der Waals surface area contributed by atoms with E-state index in [1.54, 1.807) is 20.8 Å². The van der Waals surface area contributed by atoms with Crippen molar-refractivity contribution < 1.29 is 29.0 Å². The van der Waals surface area contributed by atoms with Crippen LogP contribution in [0.25, 0.3) is 0 Å². The molecule has 0 radical (unpaired) electrons. The smallest absolute Gasteiger partial charge is 0.408 e. The number of rotatable bonds is 4. The largest absolute Gasteiger partial charge is 0.478 e. The van der Waals surface area contributed by atoms with E-state index in [0.717, 1.165) is 0 Å². The molecule has 7 nitrogen and oxygen atoms in total. The Morgan fingerprint density at radius 3 is 2.22 bits per heavy atom. The third-order valence-corrected chi connectivity index (χ3v) is 3.03. The lowest BCUT2D eigenvalue weighted by molar-refractivity contribution is -0.148. The summed E-state index contributed by atoms with van der Waals surface area (Å²) in [4.78, 5) is 35.3. The van der Waals surface area contributed by atoms with Crippen LogP contribution in [0.15, 0.2) is 24.3 Å². The molecule has 23 heavy (non-hydrogen) atoms. The minimum atomic E-state index is -1.58. The van der Waals surface area contributed by atoms with Crippen LogP contribution in [-0.2, 0) is 19.8 Å². The van der Waals surface area contributed by atoms with E-state index >= 15 is 0 Å². The molecule has 0 aliphatic heterocycles. The molecular formula is C16H21NO6. The summed E-state index contributed by atoms with van der Waals surface area (Å²) in [6.07, 6.45) is -0.814. The second-order valence-electron chi connectivity index (χ2n) is 6.13. The monoisotopic (exact) mass is 323 g/mol. The predicted octanol–water partition coefficient (Wildman–Crippen LogP) is 2.30. The molecule has 0 bridgehead atoms. The van der Waals surface area contributed by atoms with Gasteiger partial charge in [0.1, 0.15) is 5.60 Å².